The summed E-state index contributed by atoms with van der Waals surface area (Å²) in [4.78, 5) is 6.79. The third kappa shape index (κ3) is 4.92. The highest BCUT2D eigenvalue weighted by molar-refractivity contribution is 7.91. The van der Waals surface area contributed by atoms with Gasteiger partial charge in [0.15, 0.2) is 15.5 Å². The summed E-state index contributed by atoms with van der Waals surface area (Å²) in [7, 11) is -3.20. The second kappa shape index (κ2) is 8.88. The molecule has 0 unspecified atom stereocenters. The fraction of sp³-hybridized carbons (Fsp3) is 0.476. The number of alkyl halides is 1. The smallest absolute Gasteiger partial charge is 0.173 e. The minimum atomic E-state index is -3.20. The molecule has 2 aliphatic heterocycles. The number of H-pyrrole nitrogens is 1. The van der Waals surface area contributed by atoms with Gasteiger partial charge in [-0.1, -0.05) is 11.8 Å². The molecule has 0 spiro atoms. The van der Waals surface area contributed by atoms with Crippen molar-refractivity contribution in [2.24, 2.45) is 0 Å². The molecular formula is C21H25FN6O3S. The lowest BCUT2D eigenvalue weighted by atomic mass is 9.98. The fourth-order valence-corrected chi connectivity index (χ4v) is 5.19. The third-order valence-electron chi connectivity index (χ3n) is 5.64. The maximum atomic E-state index is 15.2. The van der Waals surface area contributed by atoms with Gasteiger partial charge >= 0.3 is 0 Å². The molecule has 0 aromatic carbocycles. The SMILES string of the molecule is C[C@@H]1COCCN1c1cc(C#CC2(F)CCS(=O)(=O)CC2)c(C=N)c(Nc2ccn[nH]2)n1. The second-order valence-electron chi connectivity index (χ2n) is 8.01. The molecule has 3 N–H and O–H groups in total. The van der Waals surface area contributed by atoms with Crippen LogP contribution in [-0.4, -0.2) is 72.8 Å². The number of aromatic amines is 1. The zero-order chi connectivity index (χ0) is 22.8. The van der Waals surface area contributed by atoms with Crippen LogP contribution in [0.25, 0.3) is 0 Å². The number of sulfone groups is 1. The molecule has 11 heteroatoms. The zero-order valence-electron chi connectivity index (χ0n) is 17.7. The van der Waals surface area contributed by atoms with Crippen LogP contribution in [0.15, 0.2) is 18.3 Å². The number of rotatable bonds is 4. The first-order chi connectivity index (χ1) is 15.3. The van der Waals surface area contributed by atoms with Gasteiger partial charge in [0.1, 0.15) is 17.5 Å². The number of morpholine rings is 1. The van der Waals surface area contributed by atoms with Gasteiger partial charge in [-0.05, 0) is 13.0 Å². The molecule has 170 valence electrons. The predicted molar refractivity (Wildman–Crippen MR) is 120 cm³/mol. The van der Waals surface area contributed by atoms with Crippen LogP contribution in [0.1, 0.15) is 30.9 Å². The van der Waals surface area contributed by atoms with Crippen LogP contribution in [0, 0.1) is 17.3 Å². The van der Waals surface area contributed by atoms with Crippen LogP contribution >= 0.6 is 0 Å². The molecule has 4 heterocycles. The first kappa shape index (κ1) is 22.2. The number of pyridine rings is 1. The number of nitrogens with zero attached hydrogens (tertiary/aromatic N) is 3. The molecule has 0 aliphatic carbocycles. The molecule has 4 rings (SSSR count). The summed E-state index contributed by atoms with van der Waals surface area (Å²) in [6.45, 7) is 3.78. The molecule has 0 radical (unpaired) electrons. The van der Waals surface area contributed by atoms with Gasteiger partial charge in [-0.3, -0.25) is 5.10 Å². The molecular weight excluding hydrogens is 435 g/mol. The lowest BCUT2D eigenvalue weighted by molar-refractivity contribution is 0.0985. The van der Waals surface area contributed by atoms with E-state index in [-0.39, 0.29) is 30.4 Å². The molecule has 1 atom stereocenters. The van der Waals surface area contributed by atoms with Crippen molar-refractivity contribution in [2.75, 3.05) is 41.5 Å². The molecule has 2 aromatic rings. The van der Waals surface area contributed by atoms with Crippen molar-refractivity contribution >= 4 is 33.5 Å². The van der Waals surface area contributed by atoms with Crippen molar-refractivity contribution in [1.29, 1.82) is 5.41 Å². The van der Waals surface area contributed by atoms with Crippen molar-refractivity contribution in [2.45, 2.75) is 31.5 Å². The summed E-state index contributed by atoms with van der Waals surface area (Å²) in [5, 5.41) is 17.8. The van der Waals surface area contributed by atoms with Crippen LogP contribution in [0.5, 0.6) is 0 Å². The Balaban J connectivity index is 1.75. The number of hydrogen-bond acceptors (Lipinski definition) is 8. The second-order valence-corrected chi connectivity index (χ2v) is 10.3. The highest BCUT2D eigenvalue weighted by atomic mass is 32.2. The van der Waals surface area contributed by atoms with Gasteiger partial charge < -0.3 is 20.4 Å². The molecule has 0 saturated carbocycles. The lowest BCUT2D eigenvalue weighted by Gasteiger charge is -2.34. The van der Waals surface area contributed by atoms with E-state index in [1.165, 1.54) is 0 Å². The summed E-state index contributed by atoms with van der Waals surface area (Å²) in [5.74, 6) is 6.72. The zero-order valence-corrected chi connectivity index (χ0v) is 18.5. The summed E-state index contributed by atoms with van der Waals surface area (Å²) in [6.07, 6.45) is 2.41. The van der Waals surface area contributed by atoms with E-state index in [0.29, 0.717) is 48.3 Å². The molecule has 2 fully saturated rings. The molecule has 2 aliphatic rings. The van der Waals surface area contributed by atoms with Crippen molar-refractivity contribution in [1.82, 2.24) is 15.2 Å². The average molecular weight is 461 g/mol. The molecule has 32 heavy (non-hydrogen) atoms. The van der Waals surface area contributed by atoms with Gasteiger partial charge in [0, 0.05) is 37.2 Å². The van der Waals surface area contributed by atoms with E-state index >= 15 is 4.39 Å². The van der Waals surface area contributed by atoms with Crippen LogP contribution < -0.4 is 10.2 Å². The minimum absolute atomic E-state index is 0.0824. The highest BCUT2D eigenvalue weighted by Crippen LogP contribution is 2.29. The average Bonchev–Trinajstić information content (AvgIpc) is 3.28. The summed E-state index contributed by atoms with van der Waals surface area (Å²) in [6, 6.07) is 3.55. The monoisotopic (exact) mass is 460 g/mol. The molecule has 0 bridgehead atoms. The van der Waals surface area contributed by atoms with Crippen LogP contribution in [-0.2, 0) is 14.6 Å². The first-order valence-corrected chi connectivity index (χ1v) is 12.2. The van der Waals surface area contributed by atoms with E-state index in [0.717, 1.165) is 6.21 Å². The number of hydrogen-bond donors (Lipinski definition) is 3. The Morgan fingerprint density at radius 2 is 2.22 bits per heavy atom. The van der Waals surface area contributed by atoms with Crippen molar-refractivity contribution < 1.29 is 17.5 Å². The Kier molecular flexibility index (Phi) is 6.17. The van der Waals surface area contributed by atoms with E-state index < -0.39 is 15.5 Å². The summed E-state index contributed by atoms with van der Waals surface area (Å²) >= 11 is 0. The van der Waals surface area contributed by atoms with E-state index in [2.05, 4.69) is 32.3 Å². The largest absolute Gasteiger partial charge is 0.377 e. The lowest BCUT2D eigenvalue weighted by Crippen LogP contribution is -2.44. The first-order valence-electron chi connectivity index (χ1n) is 10.4. The van der Waals surface area contributed by atoms with E-state index in [1.807, 2.05) is 6.92 Å². The Labute approximate surface area is 186 Å². The molecule has 2 saturated heterocycles. The minimum Gasteiger partial charge on any atom is -0.377 e. The van der Waals surface area contributed by atoms with Gasteiger partial charge in [0.2, 0.25) is 0 Å². The van der Waals surface area contributed by atoms with Gasteiger partial charge in [-0.15, -0.1) is 0 Å². The van der Waals surface area contributed by atoms with Crippen LogP contribution in [0.4, 0.5) is 21.8 Å². The topological polar surface area (TPSA) is 124 Å². The summed E-state index contributed by atoms with van der Waals surface area (Å²) < 4.78 is 44.1. The fourth-order valence-electron chi connectivity index (χ4n) is 3.72. The van der Waals surface area contributed by atoms with Crippen LogP contribution in [0.2, 0.25) is 0 Å². The van der Waals surface area contributed by atoms with Crippen molar-refractivity contribution in [3.05, 3.63) is 29.5 Å². The number of aromatic nitrogens is 3. The van der Waals surface area contributed by atoms with E-state index in [9.17, 15) is 8.42 Å². The normalized spacial score (nSPS) is 21.9. The Morgan fingerprint density at radius 3 is 2.88 bits per heavy atom. The van der Waals surface area contributed by atoms with Crippen LogP contribution in [0.3, 0.4) is 0 Å². The number of ether oxygens (including phenoxy) is 1. The van der Waals surface area contributed by atoms with Crippen molar-refractivity contribution in [3.63, 3.8) is 0 Å². The quantitative estimate of drug-likeness (QED) is 0.471. The van der Waals surface area contributed by atoms with Crippen molar-refractivity contribution in [3.8, 4) is 11.8 Å². The van der Waals surface area contributed by atoms with E-state index in [4.69, 9.17) is 15.1 Å². The van der Waals surface area contributed by atoms with Gasteiger partial charge in [-0.25, -0.2) is 17.8 Å². The molecule has 0 amide bonds. The molecule has 2 aromatic heterocycles. The maximum Gasteiger partial charge on any atom is 0.173 e. The Bertz CT molecular complexity index is 1140. The Hall–Kier alpha value is -2.97. The number of halogens is 1. The number of anilines is 3. The maximum absolute atomic E-state index is 15.2. The standard InChI is InChI=1S/C21H25FN6O3S/c1-15-14-31-9-8-28(15)19-12-16(2-4-21(22)5-10-32(29,30)11-6-21)17(13-23)20(26-19)25-18-3-7-24-27-18/h3,7,12-13,15,23H,5-6,8-11,14H2,1H3,(H2,24,25,26,27)/t15-/m1/s1. The number of nitrogens with one attached hydrogen (secondary N) is 3. The highest BCUT2D eigenvalue weighted by Gasteiger charge is 2.36. The van der Waals surface area contributed by atoms with Gasteiger partial charge in [0.05, 0.1) is 42.5 Å². The molecule has 9 nitrogen and oxygen atoms in total. The predicted octanol–water partition coefficient (Wildman–Crippen LogP) is 2.04. The third-order valence-corrected chi connectivity index (χ3v) is 7.30. The summed E-state index contributed by atoms with van der Waals surface area (Å²) in [5.41, 5.74) is -1.03. The van der Waals surface area contributed by atoms with Gasteiger partial charge in [-0.2, -0.15) is 5.10 Å². The van der Waals surface area contributed by atoms with E-state index in [1.54, 1.807) is 18.3 Å². The van der Waals surface area contributed by atoms with Gasteiger partial charge in [0.25, 0.3) is 0 Å². The Morgan fingerprint density at radius 1 is 1.44 bits per heavy atom.